The molecule has 1 aliphatic rings. The highest BCUT2D eigenvalue weighted by atomic mass is 35.5. The number of nitrogens with one attached hydrogen (secondary N) is 1. The number of hydrogen-bond donors (Lipinski definition) is 1. The van der Waals surface area contributed by atoms with Crippen molar-refractivity contribution in [1.82, 2.24) is 9.62 Å². The second kappa shape index (κ2) is 7.85. The number of hydrogen-bond acceptors (Lipinski definition) is 3. The van der Waals surface area contributed by atoms with Crippen molar-refractivity contribution < 1.29 is 13.2 Å². The van der Waals surface area contributed by atoms with Crippen molar-refractivity contribution in [1.29, 1.82) is 0 Å². The van der Waals surface area contributed by atoms with Gasteiger partial charge in [-0.2, -0.15) is 0 Å². The van der Waals surface area contributed by atoms with Gasteiger partial charge in [-0.05, 0) is 37.0 Å². The zero-order valence-corrected chi connectivity index (χ0v) is 15.8. The number of amides is 1. The minimum atomic E-state index is -3.12. The molecule has 24 heavy (non-hydrogen) atoms. The van der Waals surface area contributed by atoms with E-state index in [-0.39, 0.29) is 11.7 Å². The van der Waals surface area contributed by atoms with E-state index < -0.39 is 15.4 Å². The normalized spacial score (nSPS) is 17.8. The van der Waals surface area contributed by atoms with E-state index in [1.807, 2.05) is 26.0 Å². The summed E-state index contributed by atoms with van der Waals surface area (Å²) >= 11 is 5.95. The molecule has 0 radical (unpaired) electrons. The molecule has 1 fully saturated rings. The van der Waals surface area contributed by atoms with Crippen LogP contribution in [-0.2, 0) is 20.2 Å². The molecule has 0 spiro atoms. The fourth-order valence-corrected chi connectivity index (χ4v) is 4.94. The molecule has 1 amide bonds. The first-order valence-electron chi connectivity index (χ1n) is 8.38. The van der Waals surface area contributed by atoms with Crippen LogP contribution in [0.2, 0.25) is 5.02 Å². The standard InChI is InChI=1S/C17H25ClN2O3S/c1-3-17(4-2,14-6-8-15(18)9-7-14)16(21)19-10-12-20-11-5-13-24(20,22)23/h6-9H,3-5,10-13H2,1-2H3,(H,19,21). The van der Waals surface area contributed by atoms with Gasteiger partial charge in [-0.3, -0.25) is 4.79 Å². The summed E-state index contributed by atoms with van der Waals surface area (Å²) in [6, 6.07) is 7.36. The third kappa shape index (κ3) is 3.92. The maximum Gasteiger partial charge on any atom is 0.230 e. The number of rotatable bonds is 7. The van der Waals surface area contributed by atoms with Crippen molar-refractivity contribution in [2.75, 3.05) is 25.4 Å². The van der Waals surface area contributed by atoms with Crippen molar-refractivity contribution in [3.05, 3.63) is 34.9 Å². The topological polar surface area (TPSA) is 66.5 Å². The highest BCUT2D eigenvalue weighted by molar-refractivity contribution is 7.89. The number of carbonyl (C=O) groups is 1. The molecule has 0 bridgehead atoms. The molecule has 0 saturated carbocycles. The van der Waals surface area contributed by atoms with E-state index in [0.29, 0.717) is 43.9 Å². The van der Waals surface area contributed by atoms with E-state index in [2.05, 4.69) is 5.32 Å². The number of carbonyl (C=O) groups excluding carboxylic acids is 1. The van der Waals surface area contributed by atoms with E-state index >= 15 is 0 Å². The molecule has 1 aromatic rings. The smallest absolute Gasteiger partial charge is 0.230 e. The largest absolute Gasteiger partial charge is 0.354 e. The highest BCUT2D eigenvalue weighted by Crippen LogP contribution is 2.32. The third-order valence-corrected chi connectivity index (χ3v) is 7.10. The minimum absolute atomic E-state index is 0.0635. The fraction of sp³-hybridized carbons (Fsp3) is 0.588. The van der Waals surface area contributed by atoms with E-state index in [0.717, 1.165) is 5.56 Å². The summed E-state index contributed by atoms with van der Waals surface area (Å²) in [4.78, 5) is 12.8. The van der Waals surface area contributed by atoms with Crippen LogP contribution in [0.4, 0.5) is 0 Å². The maximum absolute atomic E-state index is 12.8. The molecule has 0 aliphatic carbocycles. The number of benzene rings is 1. The summed E-state index contributed by atoms with van der Waals surface area (Å²) in [5, 5.41) is 3.56. The van der Waals surface area contributed by atoms with E-state index in [1.165, 1.54) is 4.31 Å². The summed E-state index contributed by atoms with van der Waals surface area (Å²) in [5.41, 5.74) is 0.317. The Balaban J connectivity index is 2.05. The molecular weight excluding hydrogens is 348 g/mol. The minimum Gasteiger partial charge on any atom is -0.354 e. The second-order valence-electron chi connectivity index (χ2n) is 6.12. The van der Waals surface area contributed by atoms with Crippen molar-refractivity contribution in [3.8, 4) is 0 Å². The summed E-state index contributed by atoms with van der Waals surface area (Å²) in [7, 11) is -3.12. The van der Waals surface area contributed by atoms with E-state index in [9.17, 15) is 13.2 Å². The zero-order valence-electron chi connectivity index (χ0n) is 14.2. The van der Waals surface area contributed by atoms with Crippen LogP contribution in [0.3, 0.4) is 0 Å². The lowest BCUT2D eigenvalue weighted by atomic mass is 9.75. The number of halogens is 1. The first-order valence-corrected chi connectivity index (χ1v) is 10.4. The second-order valence-corrected chi connectivity index (χ2v) is 8.65. The molecule has 0 atom stereocenters. The molecular formula is C17H25ClN2O3S. The van der Waals surface area contributed by atoms with E-state index in [4.69, 9.17) is 11.6 Å². The third-order valence-electron chi connectivity index (χ3n) is 4.89. The van der Waals surface area contributed by atoms with Gasteiger partial charge in [0.1, 0.15) is 0 Å². The number of sulfonamides is 1. The summed E-state index contributed by atoms with van der Waals surface area (Å²) in [5.74, 6) is 0.144. The maximum atomic E-state index is 12.8. The van der Waals surface area contributed by atoms with Crippen LogP contribution >= 0.6 is 11.6 Å². The monoisotopic (exact) mass is 372 g/mol. The lowest BCUT2D eigenvalue weighted by Crippen LogP contribution is -2.46. The van der Waals surface area contributed by atoms with Crippen LogP contribution in [0.15, 0.2) is 24.3 Å². The molecule has 2 rings (SSSR count). The van der Waals surface area contributed by atoms with Crippen LogP contribution < -0.4 is 5.32 Å². The van der Waals surface area contributed by atoms with Crippen LogP contribution in [-0.4, -0.2) is 44.0 Å². The van der Waals surface area contributed by atoms with Crippen LogP contribution in [0.5, 0.6) is 0 Å². The lowest BCUT2D eigenvalue weighted by Gasteiger charge is -2.31. The first kappa shape index (κ1) is 19.2. The Morgan fingerprint density at radius 2 is 1.88 bits per heavy atom. The quantitative estimate of drug-likeness (QED) is 0.799. The van der Waals surface area contributed by atoms with Gasteiger partial charge in [0.2, 0.25) is 15.9 Å². The summed E-state index contributed by atoms with van der Waals surface area (Å²) < 4.78 is 25.1. The Morgan fingerprint density at radius 3 is 2.38 bits per heavy atom. The van der Waals surface area contributed by atoms with Gasteiger partial charge in [-0.15, -0.1) is 0 Å². The number of nitrogens with zero attached hydrogens (tertiary/aromatic N) is 1. The Morgan fingerprint density at radius 1 is 1.25 bits per heavy atom. The molecule has 1 N–H and O–H groups in total. The predicted octanol–water partition coefficient (Wildman–Crippen LogP) is 2.55. The molecule has 7 heteroatoms. The average Bonchev–Trinajstić information content (AvgIpc) is 2.89. The van der Waals surface area contributed by atoms with Crippen LogP contribution in [0.25, 0.3) is 0 Å². The molecule has 0 unspecified atom stereocenters. The van der Waals surface area contributed by atoms with Gasteiger partial charge in [-0.1, -0.05) is 37.6 Å². The fourth-order valence-electron chi connectivity index (χ4n) is 3.29. The van der Waals surface area contributed by atoms with Crippen LogP contribution in [0, 0.1) is 0 Å². The lowest BCUT2D eigenvalue weighted by molar-refractivity contribution is -0.127. The van der Waals surface area contributed by atoms with Gasteiger partial charge in [0.25, 0.3) is 0 Å². The SMILES string of the molecule is CCC(CC)(C(=O)NCCN1CCCS1(=O)=O)c1ccc(Cl)cc1. The first-order chi connectivity index (χ1) is 11.4. The van der Waals surface area contributed by atoms with Gasteiger partial charge in [0, 0.05) is 24.7 Å². The predicted molar refractivity (Wildman–Crippen MR) is 96.7 cm³/mol. The van der Waals surface area contributed by atoms with Crippen molar-refractivity contribution in [2.24, 2.45) is 0 Å². The Labute approximate surface area is 149 Å². The Hall–Kier alpha value is -1.11. The van der Waals surface area contributed by atoms with Gasteiger partial charge in [0.05, 0.1) is 11.2 Å². The van der Waals surface area contributed by atoms with Crippen molar-refractivity contribution in [2.45, 2.75) is 38.5 Å². The molecule has 0 aromatic heterocycles. The van der Waals surface area contributed by atoms with Gasteiger partial charge < -0.3 is 5.32 Å². The molecule has 1 aliphatic heterocycles. The van der Waals surface area contributed by atoms with Crippen molar-refractivity contribution in [3.63, 3.8) is 0 Å². The molecule has 1 heterocycles. The molecule has 134 valence electrons. The Bertz CT molecular complexity index is 670. The van der Waals surface area contributed by atoms with Gasteiger partial charge in [-0.25, -0.2) is 12.7 Å². The summed E-state index contributed by atoms with van der Waals surface area (Å²) in [6.07, 6.45) is 1.99. The van der Waals surface area contributed by atoms with Crippen molar-refractivity contribution >= 4 is 27.5 Å². The average molecular weight is 373 g/mol. The highest BCUT2D eigenvalue weighted by Gasteiger charge is 2.37. The summed E-state index contributed by atoms with van der Waals surface area (Å²) in [6.45, 7) is 5.18. The van der Waals surface area contributed by atoms with Crippen LogP contribution in [0.1, 0.15) is 38.7 Å². The zero-order chi connectivity index (χ0) is 17.8. The van der Waals surface area contributed by atoms with Gasteiger partial charge in [0.15, 0.2) is 0 Å². The molecule has 1 aromatic carbocycles. The Kier molecular flexibility index (Phi) is 6.28. The van der Waals surface area contributed by atoms with E-state index in [1.54, 1.807) is 12.1 Å². The van der Waals surface area contributed by atoms with Gasteiger partial charge >= 0.3 is 0 Å². The molecule has 1 saturated heterocycles. The molecule has 5 nitrogen and oxygen atoms in total.